The van der Waals surface area contributed by atoms with E-state index in [2.05, 4.69) is 9.72 Å². The highest BCUT2D eigenvalue weighted by Crippen LogP contribution is 2.34. The number of halogens is 1. The monoisotopic (exact) mass is 366 g/mol. The highest BCUT2D eigenvalue weighted by atomic mass is 32.2. The average Bonchev–Trinajstić information content (AvgIpc) is 2.94. The number of fused-ring (bicyclic) bond motifs is 1. The number of nitrogens with zero attached hydrogens (tertiary/aromatic N) is 2. The summed E-state index contributed by atoms with van der Waals surface area (Å²) in [6.45, 7) is 2.04. The molecule has 0 spiro atoms. The van der Waals surface area contributed by atoms with E-state index in [1.807, 2.05) is 6.92 Å². The van der Waals surface area contributed by atoms with Gasteiger partial charge in [-0.1, -0.05) is 18.7 Å². The Morgan fingerprint density at radius 1 is 1.46 bits per heavy atom. The normalized spacial score (nSPS) is 16.0. The Balaban J connectivity index is 2.10. The van der Waals surface area contributed by atoms with Gasteiger partial charge >= 0.3 is 5.97 Å². The third-order valence-electron chi connectivity index (χ3n) is 3.51. The van der Waals surface area contributed by atoms with Crippen LogP contribution >= 0.6 is 23.5 Å². The Hall–Kier alpha value is -1.80. The Morgan fingerprint density at radius 3 is 2.83 bits per heavy atom. The number of thioether (sulfide) groups is 2. The van der Waals surface area contributed by atoms with Gasteiger partial charge in [0, 0.05) is 11.7 Å². The van der Waals surface area contributed by atoms with Gasteiger partial charge in [-0.25, -0.2) is 9.37 Å². The molecule has 126 valence electrons. The molecule has 1 aliphatic heterocycles. The molecule has 0 bridgehead atoms. The van der Waals surface area contributed by atoms with Crippen molar-refractivity contribution in [2.45, 2.75) is 28.6 Å². The van der Waals surface area contributed by atoms with Crippen molar-refractivity contribution in [3.8, 4) is 5.69 Å². The summed E-state index contributed by atoms with van der Waals surface area (Å²) in [5.74, 6) is -0.734. The van der Waals surface area contributed by atoms with Crippen LogP contribution in [0.2, 0.25) is 0 Å². The van der Waals surface area contributed by atoms with Gasteiger partial charge in [-0.2, -0.15) is 0 Å². The van der Waals surface area contributed by atoms with Crippen LogP contribution in [-0.4, -0.2) is 33.6 Å². The standard InChI is InChI=1S/C16H15FN2O3S2/c1-9-7-12-14(24-9)15(21)19(11-5-3-10(17)4-6-11)16(18-12)23-8-13(20)22-2/h3-6,9H,7-8H2,1-2H3. The summed E-state index contributed by atoms with van der Waals surface area (Å²) in [6.07, 6.45) is 0.714. The minimum Gasteiger partial charge on any atom is -0.468 e. The SMILES string of the molecule is COC(=O)CSc1nc2c(c(=O)n1-c1ccc(F)cc1)SC(C)C2. The second-order valence-corrected chi connectivity index (χ2v) is 7.68. The lowest BCUT2D eigenvalue weighted by atomic mass is 10.2. The Kier molecular flexibility index (Phi) is 4.96. The van der Waals surface area contributed by atoms with Gasteiger partial charge in [0.25, 0.3) is 5.56 Å². The number of carbonyl (C=O) groups excluding carboxylic acids is 1. The zero-order valence-corrected chi connectivity index (χ0v) is 14.7. The lowest BCUT2D eigenvalue weighted by Crippen LogP contribution is -2.24. The van der Waals surface area contributed by atoms with Crippen LogP contribution in [0.15, 0.2) is 39.1 Å². The fourth-order valence-electron chi connectivity index (χ4n) is 2.40. The third-order valence-corrected chi connectivity index (χ3v) is 5.64. The van der Waals surface area contributed by atoms with E-state index >= 15 is 0 Å². The maximum absolute atomic E-state index is 13.2. The van der Waals surface area contributed by atoms with Crippen molar-refractivity contribution in [3.05, 3.63) is 46.1 Å². The number of esters is 1. The van der Waals surface area contributed by atoms with Gasteiger partial charge in [-0.3, -0.25) is 14.2 Å². The van der Waals surface area contributed by atoms with Crippen LogP contribution in [-0.2, 0) is 16.0 Å². The summed E-state index contributed by atoms with van der Waals surface area (Å²) in [6, 6.07) is 5.63. The first kappa shape index (κ1) is 17.0. The van der Waals surface area contributed by atoms with Gasteiger partial charge in [0.05, 0.1) is 29.1 Å². The van der Waals surface area contributed by atoms with Crippen LogP contribution < -0.4 is 5.56 Å². The molecule has 8 heteroatoms. The van der Waals surface area contributed by atoms with Crippen molar-refractivity contribution in [3.63, 3.8) is 0 Å². The second kappa shape index (κ2) is 6.98. The molecule has 0 saturated heterocycles. The van der Waals surface area contributed by atoms with Crippen LogP contribution in [0, 0.1) is 5.82 Å². The van der Waals surface area contributed by atoms with Crippen LogP contribution in [0.1, 0.15) is 12.6 Å². The van der Waals surface area contributed by atoms with Crippen LogP contribution in [0.3, 0.4) is 0 Å². The lowest BCUT2D eigenvalue weighted by molar-refractivity contribution is -0.137. The fraction of sp³-hybridized carbons (Fsp3) is 0.312. The first-order valence-corrected chi connectivity index (χ1v) is 9.14. The van der Waals surface area contributed by atoms with Crippen molar-refractivity contribution in [2.24, 2.45) is 0 Å². The Bertz CT molecular complexity index is 836. The zero-order chi connectivity index (χ0) is 17.3. The summed E-state index contributed by atoms with van der Waals surface area (Å²) in [5, 5.41) is 0.688. The molecule has 2 heterocycles. The molecule has 0 saturated carbocycles. The molecule has 1 aromatic heterocycles. The highest BCUT2D eigenvalue weighted by molar-refractivity contribution is 8.00. The zero-order valence-electron chi connectivity index (χ0n) is 13.1. The van der Waals surface area contributed by atoms with Crippen molar-refractivity contribution >= 4 is 29.5 Å². The molecular formula is C16H15FN2O3S2. The number of ether oxygens (including phenoxy) is 1. The van der Waals surface area contributed by atoms with E-state index in [9.17, 15) is 14.0 Å². The van der Waals surface area contributed by atoms with Gasteiger partial charge in [-0.05, 0) is 24.3 Å². The van der Waals surface area contributed by atoms with Crippen LogP contribution in [0.25, 0.3) is 5.69 Å². The largest absolute Gasteiger partial charge is 0.468 e. The quantitative estimate of drug-likeness (QED) is 0.471. The number of rotatable bonds is 4. The van der Waals surface area contributed by atoms with E-state index in [1.165, 1.54) is 47.7 Å². The molecule has 1 unspecified atom stereocenters. The van der Waals surface area contributed by atoms with Gasteiger partial charge in [-0.15, -0.1) is 11.8 Å². The van der Waals surface area contributed by atoms with Gasteiger partial charge in [0.15, 0.2) is 5.16 Å². The minimum atomic E-state index is -0.400. The predicted molar refractivity (Wildman–Crippen MR) is 91.6 cm³/mol. The summed E-state index contributed by atoms with van der Waals surface area (Å²) in [4.78, 5) is 29.5. The van der Waals surface area contributed by atoms with E-state index in [4.69, 9.17) is 0 Å². The summed E-state index contributed by atoms with van der Waals surface area (Å²) >= 11 is 2.63. The topological polar surface area (TPSA) is 61.2 Å². The number of hydrogen-bond acceptors (Lipinski definition) is 6. The average molecular weight is 366 g/mol. The third kappa shape index (κ3) is 3.34. The molecule has 2 aromatic rings. The van der Waals surface area contributed by atoms with Crippen LogP contribution in [0.4, 0.5) is 4.39 Å². The molecule has 0 radical (unpaired) electrons. The van der Waals surface area contributed by atoms with Crippen LogP contribution in [0.5, 0.6) is 0 Å². The molecule has 3 rings (SSSR count). The van der Waals surface area contributed by atoms with E-state index in [0.29, 0.717) is 22.2 Å². The Labute approximate surface area is 146 Å². The molecule has 1 aliphatic rings. The maximum Gasteiger partial charge on any atom is 0.316 e. The smallest absolute Gasteiger partial charge is 0.316 e. The van der Waals surface area contributed by atoms with E-state index < -0.39 is 5.97 Å². The van der Waals surface area contributed by atoms with E-state index in [1.54, 1.807) is 0 Å². The van der Waals surface area contributed by atoms with E-state index in [-0.39, 0.29) is 22.4 Å². The van der Waals surface area contributed by atoms with Gasteiger partial charge in [0.2, 0.25) is 0 Å². The van der Waals surface area contributed by atoms with Gasteiger partial charge in [0.1, 0.15) is 5.82 Å². The van der Waals surface area contributed by atoms with E-state index in [0.717, 1.165) is 17.5 Å². The molecule has 0 aliphatic carbocycles. The summed E-state index contributed by atoms with van der Waals surface area (Å²) in [5.41, 5.74) is 1.08. The molecule has 0 N–H and O–H groups in total. The minimum absolute atomic E-state index is 0.0472. The molecule has 1 atom stereocenters. The van der Waals surface area contributed by atoms with Crippen molar-refractivity contribution in [1.82, 2.24) is 9.55 Å². The van der Waals surface area contributed by atoms with Gasteiger partial charge < -0.3 is 4.74 Å². The molecule has 5 nitrogen and oxygen atoms in total. The molecule has 0 amide bonds. The lowest BCUT2D eigenvalue weighted by Gasteiger charge is -2.13. The number of aromatic nitrogens is 2. The number of carbonyl (C=O) groups is 1. The molecular weight excluding hydrogens is 351 g/mol. The molecule has 0 fully saturated rings. The maximum atomic E-state index is 13.2. The molecule has 1 aromatic carbocycles. The summed E-state index contributed by atoms with van der Waals surface area (Å²) < 4.78 is 19.3. The number of methoxy groups -OCH3 is 1. The first-order valence-electron chi connectivity index (χ1n) is 7.27. The number of benzene rings is 1. The van der Waals surface area contributed by atoms with Crippen molar-refractivity contribution < 1.29 is 13.9 Å². The number of hydrogen-bond donors (Lipinski definition) is 0. The predicted octanol–water partition coefficient (Wildman–Crippen LogP) is 2.67. The molecule has 24 heavy (non-hydrogen) atoms. The fourth-order valence-corrected chi connectivity index (χ4v) is 4.35. The van der Waals surface area contributed by atoms with Crippen molar-refractivity contribution in [2.75, 3.05) is 12.9 Å². The Morgan fingerprint density at radius 2 is 2.17 bits per heavy atom. The van der Waals surface area contributed by atoms with Crippen molar-refractivity contribution in [1.29, 1.82) is 0 Å². The first-order chi connectivity index (χ1) is 11.5. The highest BCUT2D eigenvalue weighted by Gasteiger charge is 2.27. The second-order valence-electron chi connectivity index (χ2n) is 5.28. The summed E-state index contributed by atoms with van der Waals surface area (Å²) in [7, 11) is 1.31.